The van der Waals surface area contributed by atoms with Gasteiger partial charge in [0.1, 0.15) is 9.79 Å². The number of benzene rings is 1. The molecule has 4 N–H and O–H groups in total. The van der Waals surface area contributed by atoms with Crippen LogP contribution in [0.2, 0.25) is 0 Å². The van der Waals surface area contributed by atoms with Gasteiger partial charge in [0, 0.05) is 25.6 Å². The molecule has 0 bridgehead atoms. The molecule has 0 aliphatic carbocycles. The lowest BCUT2D eigenvalue weighted by Gasteiger charge is -2.29. The Balaban J connectivity index is 1.94. The van der Waals surface area contributed by atoms with E-state index in [1.165, 1.54) is 11.0 Å². The zero-order valence-corrected chi connectivity index (χ0v) is 18.2. The van der Waals surface area contributed by atoms with Crippen molar-refractivity contribution in [3.63, 3.8) is 0 Å². The molecule has 1 amide bonds. The Bertz CT molecular complexity index is 1170. The SMILES string of the molecule is NS(=O)(=O)c1c(S(=O)(=O)N[C@@H]2CCNC2)ccc(N2CCCCC2=O)c1C1=NCN=N1. The second-order valence-electron chi connectivity index (χ2n) is 7.51. The molecule has 31 heavy (non-hydrogen) atoms. The van der Waals surface area contributed by atoms with Crippen molar-refractivity contribution in [1.82, 2.24) is 10.0 Å². The summed E-state index contributed by atoms with van der Waals surface area (Å²) >= 11 is 0. The van der Waals surface area contributed by atoms with E-state index < -0.39 is 29.8 Å². The van der Waals surface area contributed by atoms with Crippen LogP contribution in [0.3, 0.4) is 0 Å². The number of carbonyl (C=O) groups excluding carboxylic acids is 1. The average molecular weight is 470 g/mol. The van der Waals surface area contributed by atoms with Gasteiger partial charge in [0.05, 0.1) is 11.3 Å². The van der Waals surface area contributed by atoms with E-state index in [1.807, 2.05) is 0 Å². The van der Waals surface area contributed by atoms with Crippen LogP contribution in [0.15, 0.2) is 37.1 Å². The predicted octanol–water partition coefficient (Wildman–Crippen LogP) is -0.339. The highest BCUT2D eigenvalue weighted by atomic mass is 32.2. The van der Waals surface area contributed by atoms with Gasteiger partial charge in [0.15, 0.2) is 12.5 Å². The quantitative estimate of drug-likeness (QED) is 0.513. The van der Waals surface area contributed by atoms with Crippen molar-refractivity contribution in [2.24, 2.45) is 20.4 Å². The first-order valence-electron chi connectivity index (χ1n) is 9.84. The normalized spacial score (nSPS) is 22.2. The van der Waals surface area contributed by atoms with Crippen molar-refractivity contribution in [1.29, 1.82) is 0 Å². The number of hydrogen-bond donors (Lipinski definition) is 3. The molecular formula is C17H23N7O5S2. The number of nitrogens with two attached hydrogens (primary N) is 1. The Labute approximate surface area is 180 Å². The Kier molecular flexibility index (Phi) is 5.91. The van der Waals surface area contributed by atoms with Crippen LogP contribution in [-0.2, 0) is 24.8 Å². The smallest absolute Gasteiger partial charge is 0.242 e. The molecule has 4 rings (SSSR count). The summed E-state index contributed by atoms with van der Waals surface area (Å²) in [7, 11) is -8.80. The van der Waals surface area contributed by atoms with Crippen molar-refractivity contribution < 1.29 is 21.6 Å². The number of carbonyl (C=O) groups is 1. The fraction of sp³-hybridized carbons (Fsp3) is 0.529. The van der Waals surface area contributed by atoms with Gasteiger partial charge >= 0.3 is 0 Å². The minimum Gasteiger partial charge on any atom is -0.315 e. The van der Waals surface area contributed by atoms with E-state index in [2.05, 4.69) is 25.3 Å². The van der Waals surface area contributed by atoms with E-state index in [4.69, 9.17) is 5.14 Å². The molecule has 1 atom stereocenters. The Morgan fingerprint density at radius 3 is 2.61 bits per heavy atom. The molecule has 3 aliphatic rings. The number of primary sulfonamides is 1. The molecular weight excluding hydrogens is 446 g/mol. The number of azo groups is 1. The molecule has 12 nitrogen and oxygen atoms in total. The molecule has 0 saturated carbocycles. The third-order valence-corrected chi connectivity index (χ3v) is 8.03. The van der Waals surface area contributed by atoms with Gasteiger partial charge in [-0.05, 0) is 37.9 Å². The molecule has 0 radical (unpaired) electrons. The zero-order valence-electron chi connectivity index (χ0n) is 16.6. The van der Waals surface area contributed by atoms with E-state index in [-0.39, 0.29) is 35.7 Å². The highest BCUT2D eigenvalue weighted by Gasteiger charge is 2.36. The number of nitrogens with one attached hydrogen (secondary N) is 2. The average Bonchev–Trinajstić information content (AvgIpc) is 3.40. The number of aliphatic imine (C=N–C) groups is 1. The van der Waals surface area contributed by atoms with E-state index in [0.717, 1.165) is 18.9 Å². The molecule has 3 heterocycles. The maximum absolute atomic E-state index is 13.1. The fourth-order valence-electron chi connectivity index (χ4n) is 3.94. The van der Waals surface area contributed by atoms with Gasteiger partial charge in [-0.15, -0.1) is 5.11 Å². The minimum absolute atomic E-state index is 0.0320. The van der Waals surface area contributed by atoms with Crippen LogP contribution < -0.4 is 20.1 Å². The number of anilines is 1. The Morgan fingerprint density at radius 2 is 2.00 bits per heavy atom. The number of hydrogen-bond acceptors (Lipinski definition) is 9. The van der Waals surface area contributed by atoms with Crippen LogP contribution in [0.4, 0.5) is 5.69 Å². The third-order valence-electron chi connectivity index (χ3n) is 5.34. The zero-order chi connectivity index (χ0) is 22.2. The van der Waals surface area contributed by atoms with Gasteiger partial charge in [-0.2, -0.15) is 5.11 Å². The number of nitrogens with zero attached hydrogens (tertiary/aromatic N) is 4. The van der Waals surface area contributed by atoms with Gasteiger partial charge < -0.3 is 10.2 Å². The van der Waals surface area contributed by atoms with E-state index >= 15 is 0 Å². The second kappa shape index (κ2) is 8.35. The summed E-state index contributed by atoms with van der Waals surface area (Å²) in [5.41, 5.74) is 0.0845. The van der Waals surface area contributed by atoms with Crippen molar-refractivity contribution in [3.05, 3.63) is 17.7 Å². The Hall–Kier alpha value is -2.26. The van der Waals surface area contributed by atoms with Gasteiger partial charge in [-0.1, -0.05) is 0 Å². The molecule has 1 aromatic carbocycles. The van der Waals surface area contributed by atoms with Crippen LogP contribution in [-0.4, -0.2) is 60.9 Å². The number of rotatable bonds is 6. The summed E-state index contributed by atoms with van der Waals surface area (Å²) in [6.07, 6.45) is 2.31. The first-order chi connectivity index (χ1) is 14.7. The summed E-state index contributed by atoms with van der Waals surface area (Å²) in [6.45, 7) is 1.40. The van der Waals surface area contributed by atoms with Crippen LogP contribution in [0.1, 0.15) is 31.2 Å². The van der Waals surface area contributed by atoms with Gasteiger partial charge in [0.2, 0.25) is 26.0 Å². The van der Waals surface area contributed by atoms with Crippen molar-refractivity contribution >= 4 is 37.5 Å². The first-order valence-corrected chi connectivity index (χ1v) is 12.9. The van der Waals surface area contributed by atoms with E-state index in [0.29, 0.717) is 32.5 Å². The van der Waals surface area contributed by atoms with Crippen LogP contribution >= 0.6 is 0 Å². The monoisotopic (exact) mass is 469 g/mol. The molecule has 168 valence electrons. The first kappa shape index (κ1) is 22.0. The van der Waals surface area contributed by atoms with Gasteiger partial charge in [-0.3, -0.25) is 4.79 Å². The Morgan fingerprint density at radius 1 is 1.19 bits per heavy atom. The largest absolute Gasteiger partial charge is 0.315 e. The molecule has 2 fully saturated rings. The number of amides is 1. The van der Waals surface area contributed by atoms with Crippen molar-refractivity contribution in [3.8, 4) is 0 Å². The maximum atomic E-state index is 13.1. The molecule has 0 spiro atoms. The molecule has 14 heteroatoms. The van der Waals surface area contributed by atoms with Gasteiger partial charge in [-0.25, -0.2) is 31.7 Å². The number of sulfonamides is 2. The topological polar surface area (TPSA) is 176 Å². The highest BCUT2D eigenvalue weighted by Crippen LogP contribution is 2.35. The molecule has 1 aromatic rings. The molecule has 0 aromatic heterocycles. The molecule has 3 aliphatic heterocycles. The number of amidine groups is 1. The lowest BCUT2D eigenvalue weighted by molar-refractivity contribution is -0.119. The summed E-state index contributed by atoms with van der Waals surface area (Å²) < 4.78 is 54.2. The number of piperidine rings is 1. The summed E-state index contributed by atoms with van der Waals surface area (Å²) in [4.78, 5) is 16.9. The third kappa shape index (κ3) is 4.39. The van der Waals surface area contributed by atoms with Crippen LogP contribution in [0, 0.1) is 0 Å². The predicted molar refractivity (Wildman–Crippen MR) is 112 cm³/mol. The van der Waals surface area contributed by atoms with Crippen molar-refractivity contribution in [2.75, 3.05) is 31.2 Å². The summed E-state index contributed by atoms with van der Waals surface area (Å²) in [5.74, 6) is -0.272. The lowest BCUT2D eigenvalue weighted by atomic mass is 10.1. The fourth-order valence-corrected chi connectivity index (χ4v) is 6.81. The molecule has 0 unspecified atom stereocenters. The molecule has 2 saturated heterocycles. The summed E-state index contributed by atoms with van der Waals surface area (Å²) in [5, 5.41) is 16.2. The van der Waals surface area contributed by atoms with Crippen molar-refractivity contribution in [2.45, 2.75) is 41.5 Å². The standard InChI is InChI=1S/C17H23N7O5S2/c18-30(26,27)16-13(31(28,29)23-11-6-7-19-9-11)5-4-12(15(16)17-20-10-21-22-17)24-8-2-1-3-14(24)25/h4-5,11,19,23H,1-3,6-10H2,(H2,18,26,27)/t11-/m1/s1. The maximum Gasteiger partial charge on any atom is 0.242 e. The van der Waals surface area contributed by atoms with Crippen LogP contribution in [0.25, 0.3) is 0 Å². The highest BCUT2D eigenvalue weighted by molar-refractivity contribution is 7.92. The summed E-state index contributed by atoms with van der Waals surface area (Å²) in [6, 6.07) is 2.19. The van der Waals surface area contributed by atoms with Crippen LogP contribution in [0.5, 0.6) is 0 Å². The second-order valence-corrected chi connectivity index (χ2v) is 10.7. The lowest BCUT2D eigenvalue weighted by Crippen LogP contribution is -2.39. The van der Waals surface area contributed by atoms with Gasteiger partial charge in [0.25, 0.3) is 0 Å². The minimum atomic E-state index is -4.55. The van der Waals surface area contributed by atoms with E-state index in [9.17, 15) is 21.6 Å². The van der Waals surface area contributed by atoms with E-state index in [1.54, 1.807) is 0 Å².